The van der Waals surface area contributed by atoms with Gasteiger partial charge < -0.3 is 20.7 Å². The van der Waals surface area contributed by atoms with Crippen LogP contribution in [-0.2, 0) is 11.0 Å². The Morgan fingerprint density at radius 3 is 2.48 bits per heavy atom. The maximum absolute atomic E-state index is 13.6. The predicted molar refractivity (Wildman–Crippen MR) is 119 cm³/mol. The van der Waals surface area contributed by atoms with E-state index < -0.39 is 23.5 Å². The van der Waals surface area contributed by atoms with E-state index in [1.165, 1.54) is 19.4 Å². The number of amides is 1. The number of benzene rings is 1. The smallest absolute Gasteiger partial charge is 0.421 e. The van der Waals surface area contributed by atoms with E-state index in [0.717, 1.165) is 11.6 Å². The second-order valence-corrected chi connectivity index (χ2v) is 6.99. The summed E-state index contributed by atoms with van der Waals surface area (Å²) in [6, 6.07) is 6.58. The van der Waals surface area contributed by atoms with Crippen LogP contribution in [0.1, 0.15) is 16.7 Å². The lowest BCUT2D eigenvalue weighted by Gasteiger charge is -2.17. The minimum Gasteiger partial charge on any atom is -0.481 e. The van der Waals surface area contributed by atoms with E-state index in [1.54, 1.807) is 25.1 Å². The molecule has 0 aliphatic rings. The van der Waals surface area contributed by atoms with Crippen molar-refractivity contribution >= 4 is 34.7 Å². The zero-order chi connectivity index (χ0) is 24.2. The fourth-order valence-corrected chi connectivity index (χ4v) is 2.80. The Kier molecular flexibility index (Phi) is 6.80. The number of hydrogen-bond acceptors (Lipinski definition) is 7. The number of aromatic nitrogens is 3. The molecule has 0 fully saturated rings. The molecular formula is C22H21F3N6O2. The monoisotopic (exact) mass is 458 g/mol. The van der Waals surface area contributed by atoms with Gasteiger partial charge in [-0.15, -0.1) is 0 Å². The molecule has 3 rings (SSSR count). The number of carbonyl (C=O) groups is 1. The van der Waals surface area contributed by atoms with Gasteiger partial charge in [-0.2, -0.15) is 18.2 Å². The van der Waals surface area contributed by atoms with Crippen LogP contribution in [0.15, 0.2) is 49.3 Å². The number of halogens is 3. The summed E-state index contributed by atoms with van der Waals surface area (Å²) < 4.78 is 45.9. The molecule has 2 heterocycles. The number of aryl methyl sites for hydroxylation is 2. The van der Waals surface area contributed by atoms with Crippen molar-refractivity contribution in [2.75, 3.05) is 23.1 Å². The molecule has 0 spiro atoms. The fraction of sp³-hybridized carbons (Fsp3) is 0.182. The van der Waals surface area contributed by atoms with Crippen molar-refractivity contribution in [2.24, 2.45) is 0 Å². The lowest BCUT2D eigenvalue weighted by atomic mass is 10.2. The number of methoxy groups -OCH3 is 1. The van der Waals surface area contributed by atoms with Crippen molar-refractivity contribution in [3.63, 3.8) is 0 Å². The zero-order valence-corrected chi connectivity index (χ0v) is 18.0. The molecule has 3 aromatic rings. The first-order chi connectivity index (χ1) is 15.6. The normalized spacial score (nSPS) is 11.0. The van der Waals surface area contributed by atoms with Gasteiger partial charge in [0.1, 0.15) is 11.4 Å². The van der Waals surface area contributed by atoms with Gasteiger partial charge in [0, 0.05) is 24.1 Å². The van der Waals surface area contributed by atoms with Gasteiger partial charge in [0.2, 0.25) is 17.7 Å². The largest absolute Gasteiger partial charge is 0.481 e. The van der Waals surface area contributed by atoms with Gasteiger partial charge in [-0.3, -0.25) is 4.79 Å². The van der Waals surface area contributed by atoms with Crippen molar-refractivity contribution < 1.29 is 22.7 Å². The highest BCUT2D eigenvalue weighted by Crippen LogP contribution is 2.36. The number of alkyl halides is 3. The third-order valence-corrected chi connectivity index (χ3v) is 4.50. The molecule has 172 valence electrons. The molecule has 2 aromatic heterocycles. The van der Waals surface area contributed by atoms with E-state index in [1.807, 2.05) is 6.92 Å². The lowest BCUT2D eigenvalue weighted by Crippen LogP contribution is -2.14. The summed E-state index contributed by atoms with van der Waals surface area (Å²) in [5.41, 5.74) is 1.53. The summed E-state index contributed by atoms with van der Waals surface area (Å²) in [7, 11) is 1.40. The van der Waals surface area contributed by atoms with E-state index in [9.17, 15) is 18.0 Å². The van der Waals surface area contributed by atoms with Crippen LogP contribution in [0.4, 0.5) is 42.0 Å². The van der Waals surface area contributed by atoms with Crippen LogP contribution < -0.4 is 20.7 Å². The predicted octanol–water partition coefficient (Wildman–Crippen LogP) is 5.13. The van der Waals surface area contributed by atoms with Gasteiger partial charge in [0.15, 0.2) is 0 Å². The van der Waals surface area contributed by atoms with E-state index in [-0.39, 0.29) is 11.8 Å². The number of nitrogens with zero attached hydrogens (tertiary/aromatic N) is 3. The Morgan fingerprint density at radius 1 is 1.06 bits per heavy atom. The van der Waals surface area contributed by atoms with Crippen molar-refractivity contribution in [2.45, 2.75) is 20.0 Å². The van der Waals surface area contributed by atoms with Crippen LogP contribution in [-0.4, -0.2) is 28.0 Å². The SMILES string of the molecule is C=CC(=O)Nc1cc(C)ccc1Nc1ncc(C(F)(F)F)c(Nc2cc(OC)ncc2C)n1. The molecule has 0 aliphatic carbocycles. The van der Waals surface area contributed by atoms with Crippen LogP contribution in [0, 0.1) is 13.8 Å². The number of ether oxygens (including phenoxy) is 1. The summed E-state index contributed by atoms with van der Waals surface area (Å²) >= 11 is 0. The van der Waals surface area contributed by atoms with E-state index in [2.05, 4.69) is 37.5 Å². The molecule has 3 N–H and O–H groups in total. The number of anilines is 5. The molecule has 0 saturated carbocycles. The topological polar surface area (TPSA) is 101 Å². The maximum Gasteiger partial charge on any atom is 0.421 e. The Bertz CT molecular complexity index is 1200. The molecule has 1 amide bonds. The first kappa shape index (κ1) is 23.5. The minimum absolute atomic E-state index is 0.109. The minimum atomic E-state index is -4.70. The average molecular weight is 458 g/mol. The second-order valence-electron chi connectivity index (χ2n) is 6.99. The quantitative estimate of drug-likeness (QED) is 0.422. The first-order valence-electron chi connectivity index (χ1n) is 9.63. The van der Waals surface area contributed by atoms with Gasteiger partial charge in [-0.25, -0.2) is 9.97 Å². The molecule has 0 unspecified atom stereocenters. The van der Waals surface area contributed by atoms with E-state index in [0.29, 0.717) is 28.8 Å². The van der Waals surface area contributed by atoms with E-state index >= 15 is 0 Å². The molecule has 8 nitrogen and oxygen atoms in total. The first-order valence-corrected chi connectivity index (χ1v) is 9.63. The summed E-state index contributed by atoms with van der Waals surface area (Å²) in [4.78, 5) is 23.6. The van der Waals surface area contributed by atoms with Crippen LogP contribution in [0.5, 0.6) is 5.88 Å². The zero-order valence-electron chi connectivity index (χ0n) is 18.0. The summed E-state index contributed by atoms with van der Waals surface area (Å²) in [5.74, 6) is -0.782. The number of hydrogen-bond donors (Lipinski definition) is 3. The molecule has 0 saturated heterocycles. The molecule has 0 atom stereocenters. The molecule has 0 bridgehead atoms. The van der Waals surface area contributed by atoms with Gasteiger partial charge in [0.05, 0.1) is 18.5 Å². The third kappa shape index (κ3) is 5.76. The Labute approximate surface area is 187 Å². The van der Waals surface area contributed by atoms with E-state index in [4.69, 9.17) is 4.74 Å². The third-order valence-electron chi connectivity index (χ3n) is 4.50. The van der Waals surface area contributed by atoms with Gasteiger partial charge >= 0.3 is 6.18 Å². The molecule has 1 aromatic carbocycles. The average Bonchev–Trinajstić information content (AvgIpc) is 2.76. The number of rotatable bonds is 7. The Hall–Kier alpha value is -4.15. The second kappa shape index (κ2) is 9.55. The van der Waals surface area contributed by atoms with Crippen LogP contribution in [0.3, 0.4) is 0 Å². The van der Waals surface area contributed by atoms with Crippen molar-refractivity contribution in [1.82, 2.24) is 15.0 Å². The number of carbonyl (C=O) groups excluding carboxylic acids is 1. The van der Waals surface area contributed by atoms with Crippen molar-refractivity contribution in [1.29, 1.82) is 0 Å². The molecule has 0 aliphatic heterocycles. The van der Waals surface area contributed by atoms with Gasteiger partial charge in [-0.1, -0.05) is 12.6 Å². The summed E-state index contributed by atoms with van der Waals surface area (Å²) in [6.07, 6.45) is -1.44. The number of pyridine rings is 1. The highest BCUT2D eigenvalue weighted by molar-refractivity contribution is 6.01. The lowest BCUT2D eigenvalue weighted by molar-refractivity contribution is -0.137. The van der Waals surface area contributed by atoms with Gasteiger partial charge in [0.25, 0.3) is 0 Å². The Morgan fingerprint density at radius 2 is 1.82 bits per heavy atom. The van der Waals surface area contributed by atoms with Crippen molar-refractivity contribution in [3.05, 3.63) is 66.0 Å². The fourth-order valence-electron chi connectivity index (χ4n) is 2.80. The highest BCUT2D eigenvalue weighted by atomic mass is 19.4. The highest BCUT2D eigenvalue weighted by Gasteiger charge is 2.35. The molecule has 11 heteroatoms. The van der Waals surface area contributed by atoms with Gasteiger partial charge in [-0.05, 0) is 43.2 Å². The summed E-state index contributed by atoms with van der Waals surface area (Å²) in [6.45, 7) is 6.92. The van der Waals surface area contributed by atoms with Crippen molar-refractivity contribution in [3.8, 4) is 5.88 Å². The maximum atomic E-state index is 13.6. The molecule has 0 radical (unpaired) electrons. The molecule has 33 heavy (non-hydrogen) atoms. The number of nitrogens with one attached hydrogen (secondary N) is 3. The molecular weight excluding hydrogens is 437 g/mol. The van der Waals surface area contributed by atoms with Crippen LogP contribution >= 0.6 is 0 Å². The van der Waals surface area contributed by atoms with Crippen LogP contribution in [0.2, 0.25) is 0 Å². The Balaban J connectivity index is 2.01. The standard InChI is InChI=1S/C22H21F3N6O2/c1-5-18(32)28-17-8-12(2)6-7-15(17)30-21-27-11-14(22(23,24)25)20(31-21)29-16-9-19(33-4)26-10-13(16)3/h5-11H,1H2,2-4H3,(H,28,32)(H2,26,27,29,30,31). The summed E-state index contributed by atoms with van der Waals surface area (Å²) in [5, 5.41) is 8.19. The van der Waals surface area contributed by atoms with Crippen LogP contribution in [0.25, 0.3) is 0 Å².